The molecule has 0 aliphatic rings. The van der Waals surface area contributed by atoms with Crippen molar-refractivity contribution in [3.63, 3.8) is 0 Å². The molecule has 2 aromatic rings. The Hall–Kier alpha value is -0.940. The molecule has 110 valence electrons. The minimum atomic E-state index is -0.205. The standard InChI is InChI=1S/C14H10BrCl3N2O/c15-8-3-1-2-4-12(8)20-14(21)7-19-13-6-10(17)9(16)5-11(13)18/h1-6,19H,7H2,(H,20,21). The Morgan fingerprint density at radius 1 is 1.00 bits per heavy atom. The largest absolute Gasteiger partial charge is 0.375 e. The maximum atomic E-state index is 11.9. The zero-order valence-corrected chi connectivity index (χ0v) is 14.4. The van der Waals surface area contributed by atoms with Gasteiger partial charge in [0.2, 0.25) is 5.91 Å². The van der Waals surface area contributed by atoms with Crippen LogP contribution in [0.4, 0.5) is 11.4 Å². The van der Waals surface area contributed by atoms with Crippen molar-refractivity contribution in [3.8, 4) is 0 Å². The van der Waals surface area contributed by atoms with E-state index in [0.717, 1.165) is 4.47 Å². The monoisotopic (exact) mass is 406 g/mol. The van der Waals surface area contributed by atoms with Gasteiger partial charge in [-0.05, 0) is 40.2 Å². The van der Waals surface area contributed by atoms with Gasteiger partial charge in [-0.25, -0.2) is 0 Å². The fourth-order valence-electron chi connectivity index (χ4n) is 1.59. The predicted octanol–water partition coefficient (Wildman–Crippen LogP) is 5.46. The SMILES string of the molecule is O=C(CNc1cc(Cl)c(Cl)cc1Cl)Nc1ccccc1Br. The van der Waals surface area contributed by atoms with Crippen LogP contribution in [0.5, 0.6) is 0 Å². The molecular weight excluding hydrogens is 398 g/mol. The van der Waals surface area contributed by atoms with Crippen molar-refractivity contribution < 1.29 is 4.79 Å². The molecule has 21 heavy (non-hydrogen) atoms. The van der Waals surface area contributed by atoms with E-state index in [-0.39, 0.29) is 12.5 Å². The van der Waals surface area contributed by atoms with Gasteiger partial charge in [0, 0.05) is 4.47 Å². The van der Waals surface area contributed by atoms with E-state index >= 15 is 0 Å². The van der Waals surface area contributed by atoms with Crippen molar-refractivity contribution in [3.05, 3.63) is 55.9 Å². The number of nitrogens with one attached hydrogen (secondary N) is 2. The zero-order chi connectivity index (χ0) is 15.4. The summed E-state index contributed by atoms with van der Waals surface area (Å²) in [6.45, 7) is 0.0546. The molecule has 0 saturated carbocycles. The van der Waals surface area contributed by atoms with Gasteiger partial charge in [0.25, 0.3) is 0 Å². The number of halogens is 4. The van der Waals surface area contributed by atoms with E-state index in [1.807, 2.05) is 18.2 Å². The van der Waals surface area contributed by atoms with Gasteiger partial charge in [-0.1, -0.05) is 46.9 Å². The summed E-state index contributed by atoms with van der Waals surface area (Å²) < 4.78 is 0.811. The van der Waals surface area contributed by atoms with Crippen LogP contribution in [-0.2, 0) is 4.79 Å². The highest BCUT2D eigenvalue weighted by atomic mass is 79.9. The Balaban J connectivity index is 1.99. The lowest BCUT2D eigenvalue weighted by Gasteiger charge is -2.11. The Morgan fingerprint density at radius 2 is 1.67 bits per heavy atom. The molecule has 7 heteroatoms. The number of amides is 1. The molecule has 0 aliphatic carbocycles. The number of carbonyl (C=O) groups excluding carboxylic acids is 1. The average Bonchev–Trinajstić information content (AvgIpc) is 2.44. The average molecular weight is 409 g/mol. The quantitative estimate of drug-likeness (QED) is 0.660. The van der Waals surface area contributed by atoms with E-state index in [0.29, 0.717) is 26.4 Å². The normalized spacial score (nSPS) is 10.3. The van der Waals surface area contributed by atoms with Crippen molar-refractivity contribution in [2.45, 2.75) is 0 Å². The number of carbonyl (C=O) groups is 1. The summed E-state index contributed by atoms with van der Waals surface area (Å²) in [4.78, 5) is 11.9. The van der Waals surface area contributed by atoms with Gasteiger partial charge in [0.15, 0.2) is 0 Å². The molecule has 0 saturated heterocycles. The molecule has 0 unspecified atom stereocenters. The smallest absolute Gasteiger partial charge is 0.243 e. The molecule has 0 fully saturated rings. The van der Waals surface area contributed by atoms with Crippen LogP contribution in [0.15, 0.2) is 40.9 Å². The number of rotatable bonds is 4. The van der Waals surface area contributed by atoms with E-state index in [4.69, 9.17) is 34.8 Å². The molecule has 0 spiro atoms. The molecule has 1 amide bonds. The number of hydrogen-bond acceptors (Lipinski definition) is 2. The third-order valence-corrected chi connectivity index (χ3v) is 4.32. The van der Waals surface area contributed by atoms with Crippen molar-refractivity contribution in [1.29, 1.82) is 0 Å². The molecule has 0 atom stereocenters. The third kappa shape index (κ3) is 4.51. The molecule has 0 bridgehead atoms. The summed E-state index contributed by atoms with van der Waals surface area (Å²) in [5, 5.41) is 6.83. The van der Waals surface area contributed by atoms with E-state index in [2.05, 4.69) is 26.6 Å². The maximum Gasteiger partial charge on any atom is 0.243 e. The van der Waals surface area contributed by atoms with Crippen LogP contribution in [-0.4, -0.2) is 12.5 Å². The Bertz CT molecular complexity index is 679. The van der Waals surface area contributed by atoms with Crippen LogP contribution >= 0.6 is 50.7 Å². The van der Waals surface area contributed by atoms with Gasteiger partial charge in [0.1, 0.15) is 0 Å². The molecule has 0 aliphatic heterocycles. The van der Waals surface area contributed by atoms with Crippen LogP contribution in [0.25, 0.3) is 0 Å². The Labute approximate surface area is 145 Å². The molecule has 2 N–H and O–H groups in total. The van der Waals surface area contributed by atoms with Crippen LogP contribution < -0.4 is 10.6 Å². The summed E-state index contributed by atoms with van der Waals surface area (Å²) in [6.07, 6.45) is 0. The number of para-hydroxylation sites is 1. The molecular formula is C14H10BrCl3N2O. The molecule has 0 heterocycles. The highest BCUT2D eigenvalue weighted by Gasteiger charge is 2.09. The van der Waals surface area contributed by atoms with Gasteiger partial charge in [-0.15, -0.1) is 0 Å². The lowest BCUT2D eigenvalue weighted by atomic mass is 10.3. The van der Waals surface area contributed by atoms with Crippen molar-refractivity contribution in [2.75, 3.05) is 17.2 Å². The molecule has 0 aromatic heterocycles. The lowest BCUT2D eigenvalue weighted by molar-refractivity contribution is -0.114. The van der Waals surface area contributed by atoms with E-state index in [1.165, 1.54) is 6.07 Å². The first kappa shape index (κ1) is 16.4. The summed E-state index contributed by atoms with van der Waals surface area (Å²) in [5.41, 5.74) is 1.25. The van der Waals surface area contributed by atoms with Crippen molar-refractivity contribution >= 4 is 68.0 Å². The van der Waals surface area contributed by atoms with Crippen molar-refractivity contribution in [2.24, 2.45) is 0 Å². The molecule has 2 aromatic carbocycles. The van der Waals surface area contributed by atoms with Gasteiger partial charge in [-0.3, -0.25) is 4.79 Å². The fraction of sp³-hybridized carbons (Fsp3) is 0.0714. The maximum absolute atomic E-state index is 11.9. The van der Waals surface area contributed by atoms with Gasteiger partial charge < -0.3 is 10.6 Å². The lowest BCUT2D eigenvalue weighted by Crippen LogP contribution is -2.22. The van der Waals surface area contributed by atoms with E-state index in [1.54, 1.807) is 12.1 Å². The van der Waals surface area contributed by atoms with Gasteiger partial charge in [0.05, 0.1) is 33.0 Å². The van der Waals surface area contributed by atoms with Crippen LogP contribution in [0.2, 0.25) is 15.1 Å². The first-order chi connectivity index (χ1) is 9.97. The Kier molecular flexibility index (Phi) is 5.76. The third-order valence-electron chi connectivity index (χ3n) is 2.60. The first-order valence-corrected chi connectivity index (χ1v) is 7.83. The van der Waals surface area contributed by atoms with E-state index in [9.17, 15) is 4.79 Å². The van der Waals surface area contributed by atoms with Crippen molar-refractivity contribution in [1.82, 2.24) is 0 Å². The fourth-order valence-corrected chi connectivity index (χ4v) is 2.59. The minimum absolute atomic E-state index is 0.0546. The topological polar surface area (TPSA) is 41.1 Å². The first-order valence-electron chi connectivity index (χ1n) is 5.90. The second-order valence-electron chi connectivity index (χ2n) is 4.13. The molecule has 2 rings (SSSR count). The number of hydrogen-bond donors (Lipinski definition) is 2. The minimum Gasteiger partial charge on any atom is -0.375 e. The highest BCUT2D eigenvalue weighted by Crippen LogP contribution is 2.32. The number of benzene rings is 2. The molecule has 3 nitrogen and oxygen atoms in total. The van der Waals surface area contributed by atoms with Gasteiger partial charge >= 0.3 is 0 Å². The summed E-state index contributed by atoms with van der Waals surface area (Å²) in [6, 6.07) is 10.5. The number of anilines is 2. The van der Waals surface area contributed by atoms with Crippen LogP contribution in [0.3, 0.4) is 0 Å². The van der Waals surface area contributed by atoms with Gasteiger partial charge in [-0.2, -0.15) is 0 Å². The Morgan fingerprint density at radius 3 is 2.38 bits per heavy atom. The van der Waals surface area contributed by atoms with Crippen LogP contribution in [0.1, 0.15) is 0 Å². The highest BCUT2D eigenvalue weighted by molar-refractivity contribution is 9.10. The summed E-state index contributed by atoms with van der Waals surface area (Å²) in [5.74, 6) is -0.205. The second-order valence-corrected chi connectivity index (χ2v) is 6.20. The summed E-state index contributed by atoms with van der Waals surface area (Å²) >= 11 is 21.1. The molecule has 0 radical (unpaired) electrons. The van der Waals surface area contributed by atoms with E-state index < -0.39 is 0 Å². The van der Waals surface area contributed by atoms with Crippen LogP contribution in [0, 0.1) is 0 Å². The second kappa shape index (κ2) is 7.36. The predicted molar refractivity (Wildman–Crippen MR) is 92.7 cm³/mol. The zero-order valence-electron chi connectivity index (χ0n) is 10.6. The summed E-state index contributed by atoms with van der Waals surface area (Å²) in [7, 11) is 0.